The molecule has 0 saturated heterocycles. The van der Waals surface area contributed by atoms with E-state index in [0.717, 1.165) is 19.4 Å². The second-order valence-electron chi connectivity index (χ2n) is 4.35. The maximum atomic E-state index is 11.8. The van der Waals surface area contributed by atoms with E-state index in [1.165, 1.54) is 0 Å². The number of aromatic nitrogens is 2. The first kappa shape index (κ1) is 11.5. The summed E-state index contributed by atoms with van der Waals surface area (Å²) in [5, 5.41) is 3.11. The van der Waals surface area contributed by atoms with Crippen LogP contribution in [0.5, 0.6) is 0 Å². The van der Waals surface area contributed by atoms with Crippen LogP contribution in [0.15, 0.2) is 17.2 Å². The van der Waals surface area contributed by atoms with Gasteiger partial charge in [0, 0.05) is 36.8 Å². The van der Waals surface area contributed by atoms with Gasteiger partial charge in [0.15, 0.2) is 5.82 Å². The van der Waals surface area contributed by atoms with E-state index in [1.54, 1.807) is 17.0 Å². The van der Waals surface area contributed by atoms with E-state index in [0.29, 0.717) is 18.2 Å². The van der Waals surface area contributed by atoms with Gasteiger partial charge in [0.25, 0.3) is 5.56 Å². The molecule has 0 radical (unpaired) electrons. The van der Waals surface area contributed by atoms with Crippen molar-refractivity contribution in [2.24, 2.45) is 5.41 Å². The molecule has 0 unspecified atom stereocenters. The summed E-state index contributed by atoms with van der Waals surface area (Å²) in [5.41, 5.74) is 0.137. The highest BCUT2D eigenvalue weighted by Crippen LogP contribution is 2.46. The molecule has 0 amide bonds. The zero-order chi connectivity index (χ0) is 11.6. The van der Waals surface area contributed by atoms with Crippen LogP contribution in [0.1, 0.15) is 19.8 Å². The molecule has 0 atom stereocenters. The SMILES string of the molecule is CCn1ccnc(NCC2(CCl)CC2)c1=O. The van der Waals surface area contributed by atoms with E-state index in [2.05, 4.69) is 10.3 Å². The second kappa shape index (κ2) is 4.45. The topological polar surface area (TPSA) is 46.9 Å². The lowest BCUT2D eigenvalue weighted by atomic mass is 10.1. The van der Waals surface area contributed by atoms with Crippen LogP contribution in [0.2, 0.25) is 0 Å². The fourth-order valence-electron chi connectivity index (χ4n) is 1.62. The van der Waals surface area contributed by atoms with E-state index in [1.807, 2.05) is 6.92 Å². The number of halogens is 1. The van der Waals surface area contributed by atoms with Crippen molar-refractivity contribution in [1.82, 2.24) is 9.55 Å². The molecule has 1 aliphatic rings. The maximum absolute atomic E-state index is 11.8. The molecule has 0 aromatic carbocycles. The molecule has 88 valence electrons. The van der Waals surface area contributed by atoms with Crippen LogP contribution >= 0.6 is 11.6 Å². The molecular formula is C11H16ClN3O. The van der Waals surface area contributed by atoms with Crippen LogP contribution in [0.4, 0.5) is 5.82 Å². The third kappa shape index (κ3) is 2.21. The van der Waals surface area contributed by atoms with E-state index in [-0.39, 0.29) is 11.0 Å². The maximum Gasteiger partial charge on any atom is 0.293 e. The number of hydrogen-bond acceptors (Lipinski definition) is 3. The van der Waals surface area contributed by atoms with Gasteiger partial charge in [-0.25, -0.2) is 4.98 Å². The summed E-state index contributed by atoms with van der Waals surface area (Å²) in [5.74, 6) is 1.08. The number of rotatable bonds is 5. The second-order valence-corrected chi connectivity index (χ2v) is 4.62. The van der Waals surface area contributed by atoms with Crippen LogP contribution in [-0.2, 0) is 6.54 Å². The van der Waals surface area contributed by atoms with Gasteiger partial charge in [0.05, 0.1) is 0 Å². The quantitative estimate of drug-likeness (QED) is 0.799. The normalized spacial score (nSPS) is 17.1. The summed E-state index contributed by atoms with van der Waals surface area (Å²) in [4.78, 5) is 15.9. The van der Waals surface area contributed by atoms with E-state index < -0.39 is 0 Å². The van der Waals surface area contributed by atoms with Crippen molar-refractivity contribution in [2.75, 3.05) is 17.7 Å². The molecule has 0 bridgehead atoms. The molecule has 1 N–H and O–H groups in total. The lowest BCUT2D eigenvalue weighted by molar-refractivity contribution is 0.614. The van der Waals surface area contributed by atoms with Gasteiger partial charge in [0.1, 0.15) is 0 Å². The summed E-state index contributed by atoms with van der Waals surface area (Å²) in [6.45, 7) is 3.34. The van der Waals surface area contributed by atoms with Crippen LogP contribution in [0.25, 0.3) is 0 Å². The van der Waals surface area contributed by atoms with Crippen molar-refractivity contribution in [3.05, 3.63) is 22.7 Å². The van der Waals surface area contributed by atoms with Crippen molar-refractivity contribution in [1.29, 1.82) is 0 Å². The average molecular weight is 242 g/mol. The van der Waals surface area contributed by atoms with Crippen molar-refractivity contribution >= 4 is 17.4 Å². The first-order valence-electron chi connectivity index (χ1n) is 5.56. The van der Waals surface area contributed by atoms with Gasteiger partial charge >= 0.3 is 0 Å². The molecule has 16 heavy (non-hydrogen) atoms. The Kier molecular flexibility index (Phi) is 3.19. The zero-order valence-corrected chi connectivity index (χ0v) is 10.1. The molecule has 1 saturated carbocycles. The summed E-state index contributed by atoms with van der Waals surface area (Å²) < 4.78 is 1.63. The van der Waals surface area contributed by atoms with E-state index in [4.69, 9.17) is 11.6 Å². The van der Waals surface area contributed by atoms with Gasteiger partial charge in [-0.3, -0.25) is 4.79 Å². The van der Waals surface area contributed by atoms with Gasteiger partial charge < -0.3 is 9.88 Å². The summed E-state index contributed by atoms with van der Waals surface area (Å²) in [7, 11) is 0. The fraction of sp³-hybridized carbons (Fsp3) is 0.636. The Labute approximate surface area is 99.6 Å². The standard InChI is InChI=1S/C11H16ClN3O/c1-2-15-6-5-13-9(10(15)16)14-8-11(7-12)3-4-11/h5-6H,2-4,7-8H2,1H3,(H,13,14). The Morgan fingerprint density at radius 1 is 1.62 bits per heavy atom. The Morgan fingerprint density at radius 3 is 2.94 bits per heavy atom. The van der Waals surface area contributed by atoms with Gasteiger partial charge in [-0.05, 0) is 19.8 Å². The molecular weight excluding hydrogens is 226 g/mol. The molecule has 1 aromatic heterocycles. The number of nitrogens with one attached hydrogen (secondary N) is 1. The van der Waals surface area contributed by atoms with Crippen LogP contribution in [0.3, 0.4) is 0 Å². The third-order valence-electron chi connectivity index (χ3n) is 3.13. The van der Waals surface area contributed by atoms with Crippen molar-refractivity contribution in [2.45, 2.75) is 26.3 Å². The average Bonchev–Trinajstić information content (AvgIpc) is 3.08. The van der Waals surface area contributed by atoms with Gasteiger partial charge in [-0.15, -0.1) is 11.6 Å². The molecule has 0 aliphatic heterocycles. The molecule has 1 aliphatic carbocycles. The van der Waals surface area contributed by atoms with Crippen LogP contribution < -0.4 is 10.9 Å². The summed E-state index contributed by atoms with van der Waals surface area (Å²) >= 11 is 5.88. The first-order chi connectivity index (χ1) is 7.71. The first-order valence-corrected chi connectivity index (χ1v) is 6.09. The summed E-state index contributed by atoms with van der Waals surface area (Å²) in [6.07, 6.45) is 5.62. The van der Waals surface area contributed by atoms with E-state index >= 15 is 0 Å². The molecule has 4 nitrogen and oxygen atoms in total. The molecule has 2 rings (SSSR count). The highest BCUT2D eigenvalue weighted by Gasteiger charge is 2.41. The Hall–Kier alpha value is -1.03. The Morgan fingerprint density at radius 2 is 2.38 bits per heavy atom. The number of anilines is 1. The lowest BCUT2D eigenvalue weighted by Gasteiger charge is -2.13. The molecule has 1 aromatic rings. The highest BCUT2D eigenvalue weighted by atomic mass is 35.5. The minimum Gasteiger partial charge on any atom is -0.365 e. The van der Waals surface area contributed by atoms with Crippen molar-refractivity contribution in [3.8, 4) is 0 Å². The molecule has 1 fully saturated rings. The Balaban J connectivity index is 2.07. The van der Waals surface area contributed by atoms with E-state index in [9.17, 15) is 4.79 Å². The fourth-order valence-corrected chi connectivity index (χ4v) is 1.98. The minimum absolute atomic E-state index is 0.0598. The highest BCUT2D eigenvalue weighted by molar-refractivity contribution is 6.18. The van der Waals surface area contributed by atoms with Crippen molar-refractivity contribution in [3.63, 3.8) is 0 Å². The summed E-state index contributed by atoms with van der Waals surface area (Å²) in [6, 6.07) is 0. The number of nitrogens with zero attached hydrogens (tertiary/aromatic N) is 2. The lowest BCUT2D eigenvalue weighted by Crippen LogP contribution is -2.27. The molecule has 1 heterocycles. The molecule has 0 spiro atoms. The number of alkyl halides is 1. The van der Waals surface area contributed by atoms with Gasteiger partial charge in [-0.1, -0.05) is 0 Å². The Bertz CT molecular complexity index is 425. The monoisotopic (exact) mass is 241 g/mol. The smallest absolute Gasteiger partial charge is 0.293 e. The predicted molar refractivity (Wildman–Crippen MR) is 65.0 cm³/mol. The van der Waals surface area contributed by atoms with Crippen LogP contribution in [0, 0.1) is 5.41 Å². The van der Waals surface area contributed by atoms with Crippen molar-refractivity contribution < 1.29 is 0 Å². The van der Waals surface area contributed by atoms with Gasteiger partial charge in [-0.2, -0.15) is 0 Å². The van der Waals surface area contributed by atoms with Gasteiger partial charge in [0.2, 0.25) is 0 Å². The number of aryl methyl sites for hydroxylation is 1. The van der Waals surface area contributed by atoms with Crippen LogP contribution in [-0.4, -0.2) is 22.0 Å². The number of hydrogen-bond donors (Lipinski definition) is 1. The zero-order valence-electron chi connectivity index (χ0n) is 9.37. The predicted octanol–water partition coefficient (Wildman–Crippen LogP) is 1.69. The largest absolute Gasteiger partial charge is 0.365 e. The third-order valence-corrected chi connectivity index (χ3v) is 3.69. The molecule has 5 heteroatoms. The minimum atomic E-state index is -0.0598.